The number of hydrogen-bond acceptors (Lipinski definition) is 3. The Morgan fingerprint density at radius 2 is 1.00 bits per heavy atom. The SMILES string of the molecule is OCCO.c1ccc(Sc2ccccc2)cc1. The van der Waals surface area contributed by atoms with E-state index in [9.17, 15) is 0 Å². The number of hydrogen-bond donors (Lipinski definition) is 2. The highest BCUT2D eigenvalue weighted by Gasteiger charge is 1.93. The summed E-state index contributed by atoms with van der Waals surface area (Å²) in [7, 11) is 0. The number of aliphatic hydroxyl groups excluding tert-OH is 2. The van der Waals surface area contributed by atoms with Crippen molar-refractivity contribution < 1.29 is 10.2 Å². The average molecular weight is 248 g/mol. The van der Waals surface area contributed by atoms with Crippen molar-refractivity contribution in [1.82, 2.24) is 0 Å². The zero-order valence-corrected chi connectivity index (χ0v) is 10.3. The molecule has 2 nitrogen and oxygen atoms in total. The van der Waals surface area contributed by atoms with E-state index in [2.05, 4.69) is 48.5 Å². The molecule has 0 fully saturated rings. The molecule has 0 aliphatic rings. The van der Waals surface area contributed by atoms with E-state index in [0.717, 1.165) is 0 Å². The van der Waals surface area contributed by atoms with Gasteiger partial charge in [0.25, 0.3) is 0 Å². The standard InChI is InChI=1S/C12H10S.C2H6O2/c1-3-7-11(8-4-1)13-12-9-5-2-6-10-12;3-1-2-4/h1-10H;3-4H,1-2H2. The molecule has 17 heavy (non-hydrogen) atoms. The monoisotopic (exact) mass is 248 g/mol. The van der Waals surface area contributed by atoms with Gasteiger partial charge in [-0.2, -0.15) is 0 Å². The molecular weight excluding hydrogens is 232 g/mol. The van der Waals surface area contributed by atoms with Crippen LogP contribution >= 0.6 is 11.8 Å². The highest BCUT2D eigenvalue weighted by atomic mass is 32.2. The molecule has 0 spiro atoms. The molecule has 0 aromatic heterocycles. The first-order valence-corrected chi connectivity index (χ1v) is 6.18. The van der Waals surface area contributed by atoms with E-state index >= 15 is 0 Å². The van der Waals surface area contributed by atoms with E-state index < -0.39 is 0 Å². The van der Waals surface area contributed by atoms with E-state index in [-0.39, 0.29) is 13.2 Å². The van der Waals surface area contributed by atoms with Gasteiger partial charge in [0, 0.05) is 9.79 Å². The first-order chi connectivity index (χ1) is 8.36. The molecule has 0 saturated carbocycles. The average Bonchev–Trinajstić information content (AvgIpc) is 2.41. The molecule has 0 saturated heterocycles. The normalized spacial score (nSPS) is 9.29. The lowest BCUT2D eigenvalue weighted by Crippen LogP contribution is -1.85. The predicted octanol–water partition coefficient (Wildman–Crippen LogP) is 2.81. The molecule has 2 aromatic carbocycles. The summed E-state index contributed by atoms with van der Waals surface area (Å²) in [6.07, 6.45) is 0. The largest absolute Gasteiger partial charge is 0.394 e. The molecule has 2 N–H and O–H groups in total. The zero-order valence-electron chi connectivity index (χ0n) is 9.49. The number of rotatable bonds is 3. The molecule has 0 heterocycles. The van der Waals surface area contributed by atoms with Gasteiger partial charge < -0.3 is 10.2 Å². The fourth-order valence-electron chi connectivity index (χ4n) is 1.11. The lowest BCUT2D eigenvalue weighted by molar-refractivity contribution is 0.186. The van der Waals surface area contributed by atoms with Gasteiger partial charge >= 0.3 is 0 Å². The minimum absolute atomic E-state index is 0.125. The minimum Gasteiger partial charge on any atom is -0.394 e. The van der Waals surface area contributed by atoms with E-state index in [0.29, 0.717) is 0 Å². The van der Waals surface area contributed by atoms with Crippen LogP contribution in [0.1, 0.15) is 0 Å². The first-order valence-electron chi connectivity index (χ1n) is 5.36. The number of aliphatic hydroxyl groups is 2. The van der Waals surface area contributed by atoms with Crippen molar-refractivity contribution in [2.75, 3.05) is 13.2 Å². The van der Waals surface area contributed by atoms with Crippen LogP contribution in [0, 0.1) is 0 Å². The van der Waals surface area contributed by atoms with Crippen LogP contribution in [-0.2, 0) is 0 Å². The summed E-state index contributed by atoms with van der Waals surface area (Å²) >= 11 is 1.79. The van der Waals surface area contributed by atoms with Crippen LogP contribution in [-0.4, -0.2) is 23.4 Å². The molecule has 0 bridgehead atoms. The van der Waals surface area contributed by atoms with Crippen LogP contribution in [0.5, 0.6) is 0 Å². The van der Waals surface area contributed by atoms with Crippen molar-refractivity contribution in [1.29, 1.82) is 0 Å². The Balaban J connectivity index is 0.000000317. The molecule has 3 heteroatoms. The van der Waals surface area contributed by atoms with Gasteiger partial charge in [-0.15, -0.1) is 0 Å². The van der Waals surface area contributed by atoms with Crippen LogP contribution < -0.4 is 0 Å². The summed E-state index contributed by atoms with van der Waals surface area (Å²) in [5.41, 5.74) is 0. The third-order valence-corrected chi connectivity index (χ3v) is 2.84. The van der Waals surface area contributed by atoms with Crippen molar-refractivity contribution in [3.8, 4) is 0 Å². The predicted molar refractivity (Wildman–Crippen MR) is 71.2 cm³/mol. The molecule has 0 aliphatic heterocycles. The van der Waals surface area contributed by atoms with Crippen LogP contribution in [0.3, 0.4) is 0 Å². The van der Waals surface area contributed by atoms with Gasteiger partial charge in [0.2, 0.25) is 0 Å². The molecule has 2 aromatic rings. The highest BCUT2D eigenvalue weighted by molar-refractivity contribution is 7.99. The van der Waals surface area contributed by atoms with Gasteiger partial charge in [-0.05, 0) is 24.3 Å². The van der Waals surface area contributed by atoms with E-state index in [1.54, 1.807) is 11.8 Å². The molecule has 0 atom stereocenters. The second-order valence-electron chi connectivity index (χ2n) is 3.18. The molecule has 0 amide bonds. The van der Waals surface area contributed by atoms with Crippen LogP contribution in [0.15, 0.2) is 70.5 Å². The Morgan fingerprint density at radius 1 is 0.647 bits per heavy atom. The van der Waals surface area contributed by atoms with Gasteiger partial charge in [0.05, 0.1) is 13.2 Å². The smallest absolute Gasteiger partial charge is 0.0662 e. The van der Waals surface area contributed by atoms with Gasteiger partial charge in [-0.1, -0.05) is 48.2 Å². The van der Waals surface area contributed by atoms with Crippen molar-refractivity contribution >= 4 is 11.8 Å². The van der Waals surface area contributed by atoms with Crippen LogP contribution in [0.4, 0.5) is 0 Å². The Hall–Kier alpha value is -1.29. The molecule has 0 unspecified atom stereocenters. The summed E-state index contributed by atoms with van der Waals surface area (Å²) in [5, 5.41) is 15.2. The summed E-state index contributed by atoms with van der Waals surface area (Å²) < 4.78 is 0. The maximum absolute atomic E-state index is 7.62. The van der Waals surface area contributed by atoms with Gasteiger partial charge in [-0.3, -0.25) is 0 Å². The van der Waals surface area contributed by atoms with Gasteiger partial charge in [0.1, 0.15) is 0 Å². The van der Waals surface area contributed by atoms with E-state index in [1.807, 2.05) is 12.1 Å². The van der Waals surface area contributed by atoms with Crippen molar-refractivity contribution in [3.63, 3.8) is 0 Å². The zero-order chi connectivity index (χ0) is 12.3. The van der Waals surface area contributed by atoms with E-state index in [1.165, 1.54) is 9.79 Å². The Morgan fingerprint density at radius 3 is 1.29 bits per heavy atom. The molecule has 90 valence electrons. The summed E-state index contributed by atoms with van der Waals surface area (Å²) in [5.74, 6) is 0. The molecule has 0 aliphatic carbocycles. The summed E-state index contributed by atoms with van der Waals surface area (Å²) in [6.45, 7) is -0.250. The Labute approximate surface area is 106 Å². The third-order valence-electron chi connectivity index (χ3n) is 1.82. The second kappa shape index (κ2) is 8.82. The highest BCUT2D eigenvalue weighted by Crippen LogP contribution is 2.26. The van der Waals surface area contributed by atoms with Gasteiger partial charge in [-0.25, -0.2) is 0 Å². The van der Waals surface area contributed by atoms with Crippen molar-refractivity contribution in [3.05, 3.63) is 60.7 Å². The third kappa shape index (κ3) is 6.12. The first kappa shape index (κ1) is 13.8. The van der Waals surface area contributed by atoms with E-state index in [4.69, 9.17) is 10.2 Å². The second-order valence-corrected chi connectivity index (χ2v) is 4.32. The fourth-order valence-corrected chi connectivity index (χ4v) is 1.97. The minimum atomic E-state index is -0.125. The topological polar surface area (TPSA) is 40.5 Å². The molecular formula is C14H16O2S. The van der Waals surface area contributed by atoms with Gasteiger partial charge in [0.15, 0.2) is 0 Å². The number of benzene rings is 2. The maximum Gasteiger partial charge on any atom is 0.0662 e. The lowest BCUT2D eigenvalue weighted by Gasteiger charge is -1.99. The Kier molecular flexibility index (Phi) is 7.14. The molecule has 0 radical (unpaired) electrons. The Bertz CT molecular complexity index is 350. The maximum atomic E-state index is 7.62. The van der Waals surface area contributed by atoms with Crippen LogP contribution in [0.2, 0.25) is 0 Å². The fraction of sp³-hybridized carbons (Fsp3) is 0.143. The quantitative estimate of drug-likeness (QED) is 0.877. The van der Waals surface area contributed by atoms with Crippen molar-refractivity contribution in [2.45, 2.75) is 9.79 Å². The van der Waals surface area contributed by atoms with Crippen molar-refractivity contribution in [2.24, 2.45) is 0 Å². The summed E-state index contributed by atoms with van der Waals surface area (Å²) in [6, 6.07) is 20.8. The molecule has 2 rings (SSSR count). The van der Waals surface area contributed by atoms with Crippen LogP contribution in [0.25, 0.3) is 0 Å². The lowest BCUT2D eigenvalue weighted by atomic mass is 10.4. The summed E-state index contributed by atoms with van der Waals surface area (Å²) in [4.78, 5) is 2.57.